The summed E-state index contributed by atoms with van der Waals surface area (Å²) in [7, 11) is 4.57. The molecule has 23 heavy (non-hydrogen) atoms. The molecule has 0 saturated heterocycles. The largest absolute Gasteiger partial charge is 0.468 e. The summed E-state index contributed by atoms with van der Waals surface area (Å²) in [6.45, 7) is 3.36. The first-order valence-corrected chi connectivity index (χ1v) is 7.00. The number of carbonyl (C=O) groups excluding carboxylic acids is 1. The second-order valence-electron chi connectivity index (χ2n) is 5.46. The Kier molecular flexibility index (Phi) is 3.17. The molecule has 0 bridgehead atoms. The van der Waals surface area contributed by atoms with Gasteiger partial charge in [-0.1, -0.05) is 0 Å². The van der Waals surface area contributed by atoms with E-state index in [1.54, 1.807) is 4.40 Å². The molecule has 3 rings (SSSR count). The van der Waals surface area contributed by atoms with Crippen LogP contribution in [0.4, 0.5) is 0 Å². The van der Waals surface area contributed by atoms with Crippen LogP contribution in [0.1, 0.15) is 11.4 Å². The van der Waals surface area contributed by atoms with Crippen LogP contribution >= 0.6 is 0 Å². The first-order valence-electron chi connectivity index (χ1n) is 7.00. The maximum absolute atomic E-state index is 12.8. The summed E-state index contributed by atoms with van der Waals surface area (Å²) >= 11 is 0. The summed E-state index contributed by atoms with van der Waals surface area (Å²) in [5.41, 5.74) is 1.20. The van der Waals surface area contributed by atoms with Crippen LogP contribution in [0.5, 0.6) is 0 Å². The van der Waals surface area contributed by atoms with Crippen molar-refractivity contribution in [2.24, 2.45) is 14.1 Å². The Hall–Kier alpha value is -2.84. The van der Waals surface area contributed by atoms with Gasteiger partial charge < -0.3 is 9.30 Å². The molecule has 0 amide bonds. The number of methoxy groups -OCH3 is 1. The van der Waals surface area contributed by atoms with Crippen molar-refractivity contribution >= 4 is 22.9 Å². The predicted molar refractivity (Wildman–Crippen MR) is 82.7 cm³/mol. The van der Waals surface area contributed by atoms with Crippen LogP contribution in [0, 0.1) is 13.8 Å². The normalized spacial score (nSPS) is 11.5. The zero-order valence-corrected chi connectivity index (χ0v) is 13.6. The number of esters is 1. The fourth-order valence-corrected chi connectivity index (χ4v) is 2.74. The Morgan fingerprint density at radius 2 is 1.78 bits per heavy atom. The van der Waals surface area contributed by atoms with Crippen molar-refractivity contribution in [3.63, 3.8) is 0 Å². The van der Waals surface area contributed by atoms with Crippen LogP contribution < -0.4 is 11.2 Å². The van der Waals surface area contributed by atoms with Crippen LogP contribution in [-0.4, -0.2) is 36.2 Å². The number of ether oxygens (including phenoxy) is 1. The van der Waals surface area contributed by atoms with E-state index in [4.69, 9.17) is 0 Å². The van der Waals surface area contributed by atoms with E-state index in [0.29, 0.717) is 5.78 Å². The maximum Gasteiger partial charge on any atom is 0.333 e. The van der Waals surface area contributed by atoms with Crippen LogP contribution in [-0.2, 0) is 30.2 Å². The van der Waals surface area contributed by atoms with Crippen molar-refractivity contribution in [1.82, 2.24) is 23.1 Å². The number of hydrogen-bond donors (Lipinski definition) is 0. The molecule has 0 aromatic carbocycles. The van der Waals surface area contributed by atoms with Gasteiger partial charge in [-0.05, 0) is 13.8 Å². The number of hydrogen-bond acceptors (Lipinski definition) is 5. The third-order valence-electron chi connectivity index (χ3n) is 4.30. The highest BCUT2D eigenvalue weighted by Crippen LogP contribution is 2.18. The molecule has 0 unspecified atom stereocenters. The lowest BCUT2D eigenvalue weighted by Crippen LogP contribution is -2.41. The minimum Gasteiger partial charge on any atom is -0.468 e. The molecule has 3 aromatic heterocycles. The highest BCUT2D eigenvalue weighted by atomic mass is 16.5. The molecule has 0 aliphatic rings. The molecule has 0 spiro atoms. The number of fused-ring (bicyclic) bond motifs is 3. The summed E-state index contributed by atoms with van der Waals surface area (Å²) < 4.78 is 10.2. The molecule has 0 aliphatic heterocycles. The Morgan fingerprint density at radius 3 is 2.39 bits per heavy atom. The van der Waals surface area contributed by atoms with Crippen LogP contribution in [0.3, 0.4) is 0 Å². The lowest BCUT2D eigenvalue weighted by molar-refractivity contribution is -0.141. The Balaban J connectivity index is 2.52. The van der Waals surface area contributed by atoms with E-state index in [1.165, 1.54) is 18.7 Å². The zero-order chi connectivity index (χ0) is 17.0. The molecule has 0 atom stereocenters. The van der Waals surface area contributed by atoms with Crippen LogP contribution in [0.15, 0.2) is 9.59 Å². The molecular weight excluding hydrogens is 302 g/mol. The number of rotatable bonds is 2. The van der Waals surface area contributed by atoms with Crippen molar-refractivity contribution in [2.45, 2.75) is 20.4 Å². The summed E-state index contributed by atoms with van der Waals surface area (Å²) in [6.07, 6.45) is 0. The van der Waals surface area contributed by atoms with E-state index >= 15 is 0 Å². The summed E-state index contributed by atoms with van der Waals surface area (Å²) in [5.74, 6) is -0.0943. The van der Waals surface area contributed by atoms with E-state index in [9.17, 15) is 14.4 Å². The number of carbonyl (C=O) groups is 1. The van der Waals surface area contributed by atoms with Crippen molar-refractivity contribution in [2.75, 3.05) is 7.11 Å². The van der Waals surface area contributed by atoms with Gasteiger partial charge in [0, 0.05) is 25.5 Å². The summed E-state index contributed by atoms with van der Waals surface area (Å²) in [6, 6.07) is 0. The highest BCUT2D eigenvalue weighted by molar-refractivity contribution is 5.77. The zero-order valence-electron chi connectivity index (χ0n) is 13.6. The van der Waals surface area contributed by atoms with Crippen molar-refractivity contribution in [3.05, 3.63) is 32.2 Å². The monoisotopic (exact) mass is 319 g/mol. The first kappa shape index (κ1) is 15.1. The first-order chi connectivity index (χ1) is 10.8. The van der Waals surface area contributed by atoms with E-state index in [0.717, 1.165) is 16.0 Å². The predicted octanol–water partition coefficient (Wildman–Crippen LogP) is -0.524. The lowest BCUT2D eigenvalue weighted by Gasteiger charge is -2.07. The molecule has 0 aliphatic carbocycles. The molecule has 3 aromatic rings. The number of imidazole rings is 2. The number of aromatic nitrogens is 5. The van der Waals surface area contributed by atoms with Gasteiger partial charge >= 0.3 is 11.7 Å². The van der Waals surface area contributed by atoms with Gasteiger partial charge in [0.15, 0.2) is 11.2 Å². The summed E-state index contributed by atoms with van der Waals surface area (Å²) in [5, 5.41) is 0. The van der Waals surface area contributed by atoms with Gasteiger partial charge in [0.1, 0.15) is 6.54 Å². The van der Waals surface area contributed by atoms with Gasteiger partial charge in [0.2, 0.25) is 5.78 Å². The average Bonchev–Trinajstić information content (AvgIpc) is 3.02. The molecular formula is C14H17N5O4. The topological polar surface area (TPSA) is 92.5 Å². The fourth-order valence-electron chi connectivity index (χ4n) is 2.74. The minimum atomic E-state index is -0.662. The molecule has 9 heteroatoms. The van der Waals surface area contributed by atoms with Crippen molar-refractivity contribution in [1.29, 1.82) is 0 Å². The van der Waals surface area contributed by atoms with Crippen LogP contribution in [0.2, 0.25) is 0 Å². The lowest BCUT2D eigenvalue weighted by atomic mass is 10.3. The quantitative estimate of drug-likeness (QED) is 0.592. The average molecular weight is 319 g/mol. The van der Waals surface area contributed by atoms with Crippen molar-refractivity contribution in [3.8, 4) is 0 Å². The smallest absolute Gasteiger partial charge is 0.333 e. The van der Waals surface area contributed by atoms with E-state index < -0.39 is 23.8 Å². The molecule has 0 radical (unpaired) electrons. The van der Waals surface area contributed by atoms with Gasteiger partial charge in [0.05, 0.1) is 7.11 Å². The molecule has 0 saturated carbocycles. The SMILES string of the molecule is COC(=O)Cn1c(=O)c2c(nc3n(C)c(C)c(C)n23)n(C)c1=O. The molecule has 0 fully saturated rings. The number of aryl methyl sites for hydroxylation is 3. The third kappa shape index (κ3) is 1.85. The minimum absolute atomic E-state index is 0.271. The second kappa shape index (κ2) is 4.83. The second-order valence-corrected chi connectivity index (χ2v) is 5.46. The molecule has 3 heterocycles. The van der Waals surface area contributed by atoms with E-state index in [-0.39, 0.29) is 11.2 Å². The van der Waals surface area contributed by atoms with Gasteiger partial charge in [0.25, 0.3) is 5.56 Å². The molecule has 0 N–H and O–H groups in total. The van der Waals surface area contributed by atoms with Gasteiger partial charge in [-0.25, -0.2) is 9.36 Å². The standard InChI is InChI=1S/C14H17N5O4/c1-7-8(2)19-10-11(15-13(19)16(7)3)17(4)14(22)18(12(10)21)6-9(20)23-5/h6H2,1-5H3. The Bertz CT molecular complexity index is 1080. The third-order valence-corrected chi connectivity index (χ3v) is 4.30. The number of nitrogens with zero attached hydrogens (tertiary/aromatic N) is 5. The Labute approximate surface area is 130 Å². The van der Waals surface area contributed by atoms with E-state index in [1.807, 2.05) is 25.5 Å². The highest BCUT2D eigenvalue weighted by Gasteiger charge is 2.22. The maximum atomic E-state index is 12.8. The Morgan fingerprint density at radius 1 is 1.13 bits per heavy atom. The molecule has 9 nitrogen and oxygen atoms in total. The molecule has 122 valence electrons. The van der Waals surface area contributed by atoms with Gasteiger partial charge in [-0.15, -0.1) is 0 Å². The van der Waals surface area contributed by atoms with Gasteiger partial charge in [-0.2, -0.15) is 4.98 Å². The summed E-state index contributed by atoms with van der Waals surface area (Å²) in [4.78, 5) is 41.0. The van der Waals surface area contributed by atoms with Crippen molar-refractivity contribution < 1.29 is 9.53 Å². The fraction of sp³-hybridized carbons (Fsp3) is 0.429. The van der Waals surface area contributed by atoms with Gasteiger partial charge in [-0.3, -0.25) is 18.6 Å². The van der Waals surface area contributed by atoms with E-state index in [2.05, 4.69) is 9.72 Å². The van der Waals surface area contributed by atoms with Crippen LogP contribution in [0.25, 0.3) is 16.9 Å².